The van der Waals surface area contributed by atoms with Gasteiger partial charge in [-0.25, -0.2) is 4.39 Å². The average Bonchev–Trinajstić information content (AvgIpc) is 2.63. The Hall–Kier alpha value is -1.59. The molecule has 0 aromatic heterocycles. The number of alkyl halides is 3. The molecule has 0 saturated heterocycles. The van der Waals surface area contributed by atoms with E-state index in [-0.39, 0.29) is 12.2 Å². The lowest BCUT2D eigenvalue weighted by Crippen LogP contribution is -2.17. The lowest BCUT2D eigenvalue weighted by atomic mass is 9.78. The number of ether oxygens (including phenoxy) is 1. The number of carbonyl (C=O) groups is 1. The van der Waals surface area contributed by atoms with Gasteiger partial charge >= 0.3 is 12.1 Å². The topological polar surface area (TPSA) is 26.3 Å². The number of benzene rings is 1. The first kappa shape index (κ1) is 22.7. The third-order valence-electron chi connectivity index (χ3n) is 5.67. The normalized spacial score (nSPS) is 20.2. The molecule has 1 aromatic carbocycles. The summed E-state index contributed by atoms with van der Waals surface area (Å²) in [6.07, 6.45) is 7.26. The maximum absolute atomic E-state index is 13.5. The van der Waals surface area contributed by atoms with Crippen LogP contribution in [0.15, 0.2) is 18.2 Å². The number of halogens is 4. The average molecular weight is 402 g/mol. The summed E-state index contributed by atoms with van der Waals surface area (Å²) in [5, 5.41) is 0. The van der Waals surface area contributed by atoms with Gasteiger partial charge in [0.05, 0.1) is 5.56 Å². The monoisotopic (exact) mass is 402 g/mol. The minimum atomic E-state index is -4.76. The highest BCUT2D eigenvalue weighted by molar-refractivity contribution is 5.72. The Kier molecular flexibility index (Phi) is 8.77. The van der Waals surface area contributed by atoms with E-state index in [1.165, 1.54) is 44.9 Å². The van der Waals surface area contributed by atoms with E-state index in [9.17, 15) is 22.4 Å². The van der Waals surface area contributed by atoms with Gasteiger partial charge in [-0.05, 0) is 30.4 Å². The summed E-state index contributed by atoms with van der Waals surface area (Å²) >= 11 is 0. The Labute approximate surface area is 164 Å². The molecule has 1 aliphatic rings. The van der Waals surface area contributed by atoms with Crippen LogP contribution < -0.4 is 4.74 Å². The molecule has 0 amide bonds. The van der Waals surface area contributed by atoms with Gasteiger partial charge in [0.25, 0.3) is 0 Å². The number of hydrogen-bond donors (Lipinski definition) is 0. The van der Waals surface area contributed by atoms with Crippen molar-refractivity contribution < 1.29 is 27.1 Å². The number of unbranched alkanes of at least 4 members (excludes halogenated alkanes) is 3. The maximum Gasteiger partial charge on any atom is 0.419 e. The van der Waals surface area contributed by atoms with Crippen LogP contribution in [-0.4, -0.2) is 5.97 Å². The van der Waals surface area contributed by atoms with Crippen molar-refractivity contribution in [2.24, 2.45) is 11.8 Å². The Bertz CT molecular complexity index is 619. The molecule has 1 saturated carbocycles. The van der Waals surface area contributed by atoms with Crippen molar-refractivity contribution in [2.45, 2.75) is 83.7 Å². The SMILES string of the molecule is CCCCCC[C@H]1CC[C@H](CCC(=O)Oc2ccc(C(F)(F)F)c(F)c2)CC1. The summed E-state index contributed by atoms with van der Waals surface area (Å²) in [5.41, 5.74) is -1.36. The van der Waals surface area contributed by atoms with Crippen molar-refractivity contribution in [2.75, 3.05) is 0 Å². The highest BCUT2D eigenvalue weighted by atomic mass is 19.4. The highest BCUT2D eigenvalue weighted by Gasteiger charge is 2.34. The van der Waals surface area contributed by atoms with Gasteiger partial charge < -0.3 is 4.74 Å². The van der Waals surface area contributed by atoms with Crippen LogP contribution in [0.2, 0.25) is 0 Å². The van der Waals surface area contributed by atoms with Gasteiger partial charge in [-0.1, -0.05) is 64.7 Å². The van der Waals surface area contributed by atoms with Crippen molar-refractivity contribution in [1.29, 1.82) is 0 Å². The van der Waals surface area contributed by atoms with E-state index < -0.39 is 23.5 Å². The molecule has 0 N–H and O–H groups in total. The zero-order valence-electron chi connectivity index (χ0n) is 16.5. The number of carbonyl (C=O) groups excluding carboxylic acids is 1. The molecule has 28 heavy (non-hydrogen) atoms. The van der Waals surface area contributed by atoms with Crippen LogP contribution in [0.25, 0.3) is 0 Å². The molecule has 0 aliphatic heterocycles. The fraction of sp³-hybridized carbons (Fsp3) is 0.682. The van der Waals surface area contributed by atoms with Crippen LogP contribution in [0.5, 0.6) is 5.75 Å². The second-order valence-electron chi connectivity index (χ2n) is 7.89. The fourth-order valence-corrected chi connectivity index (χ4v) is 3.96. The Morgan fingerprint density at radius 3 is 2.25 bits per heavy atom. The second-order valence-corrected chi connectivity index (χ2v) is 7.89. The van der Waals surface area contributed by atoms with Crippen LogP contribution in [0.1, 0.15) is 83.1 Å². The van der Waals surface area contributed by atoms with Gasteiger partial charge in [-0.3, -0.25) is 4.79 Å². The molecule has 2 rings (SSSR count). The van der Waals surface area contributed by atoms with Crippen LogP contribution >= 0.6 is 0 Å². The zero-order chi connectivity index (χ0) is 20.6. The van der Waals surface area contributed by atoms with Crippen molar-refractivity contribution in [3.8, 4) is 5.75 Å². The molecular formula is C22H30F4O2. The quantitative estimate of drug-likeness (QED) is 0.187. The van der Waals surface area contributed by atoms with Gasteiger partial charge in [-0.2, -0.15) is 13.2 Å². The van der Waals surface area contributed by atoms with Gasteiger partial charge in [0.1, 0.15) is 11.6 Å². The first-order valence-electron chi connectivity index (χ1n) is 10.4. The Morgan fingerprint density at radius 1 is 1.04 bits per heavy atom. The molecule has 0 unspecified atom stereocenters. The summed E-state index contributed by atoms with van der Waals surface area (Å²) in [6.45, 7) is 2.21. The van der Waals surface area contributed by atoms with E-state index >= 15 is 0 Å². The smallest absolute Gasteiger partial charge is 0.419 e. The molecule has 158 valence electrons. The van der Waals surface area contributed by atoms with E-state index in [1.54, 1.807) is 0 Å². The molecule has 0 radical (unpaired) electrons. The number of hydrogen-bond acceptors (Lipinski definition) is 2. The minimum absolute atomic E-state index is 0.189. The predicted octanol–water partition coefficient (Wildman–Crippen LogP) is 7.31. The van der Waals surface area contributed by atoms with E-state index in [2.05, 4.69) is 6.92 Å². The van der Waals surface area contributed by atoms with Crippen molar-refractivity contribution in [1.82, 2.24) is 0 Å². The van der Waals surface area contributed by atoms with Crippen LogP contribution in [0.3, 0.4) is 0 Å². The van der Waals surface area contributed by atoms with Crippen molar-refractivity contribution in [3.05, 3.63) is 29.6 Å². The summed E-state index contributed by atoms with van der Waals surface area (Å²) in [6, 6.07) is 2.19. The predicted molar refractivity (Wildman–Crippen MR) is 100 cm³/mol. The largest absolute Gasteiger partial charge is 0.426 e. The number of esters is 1. The lowest BCUT2D eigenvalue weighted by Gasteiger charge is -2.28. The van der Waals surface area contributed by atoms with E-state index in [0.29, 0.717) is 24.5 Å². The Morgan fingerprint density at radius 2 is 1.68 bits per heavy atom. The van der Waals surface area contributed by atoms with E-state index in [4.69, 9.17) is 4.74 Å². The molecule has 1 aliphatic carbocycles. The Balaban J connectivity index is 1.69. The van der Waals surface area contributed by atoms with Gasteiger partial charge in [-0.15, -0.1) is 0 Å². The van der Waals surface area contributed by atoms with Crippen molar-refractivity contribution >= 4 is 5.97 Å². The minimum Gasteiger partial charge on any atom is -0.426 e. The highest BCUT2D eigenvalue weighted by Crippen LogP contribution is 2.35. The molecule has 0 spiro atoms. The maximum atomic E-state index is 13.5. The third kappa shape index (κ3) is 7.44. The van der Waals surface area contributed by atoms with Crippen LogP contribution in [0, 0.1) is 17.7 Å². The third-order valence-corrected chi connectivity index (χ3v) is 5.67. The number of rotatable bonds is 9. The van der Waals surface area contributed by atoms with Crippen LogP contribution in [-0.2, 0) is 11.0 Å². The van der Waals surface area contributed by atoms with Crippen LogP contribution in [0.4, 0.5) is 17.6 Å². The molecule has 0 atom stereocenters. The second kappa shape index (κ2) is 10.8. The van der Waals surface area contributed by atoms with Crippen molar-refractivity contribution in [3.63, 3.8) is 0 Å². The molecule has 2 nitrogen and oxygen atoms in total. The summed E-state index contributed by atoms with van der Waals surface area (Å²) in [5.74, 6) is -0.860. The first-order valence-corrected chi connectivity index (χ1v) is 10.4. The molecule has 6 heteroatoms. The van der Waals surface area contributed by atoms with Gasteiger partial charge in [0.2, 0.25) is 0 Å². The molecule has 0 heterocycles. The van der Waals surface area contributed by atoms with Gasteiger partial charge in [0.15, 0.2) is 0 Å². The summed E-state index contributed by atoms with van der Waals surface area (Å²) < 4.78 is 56.2. The molecular weight excluding hydrogens is 372 g/mol. The molecule has 1 aromatic rings. The molecule has 1 fully saturated rings. The van der Waals surface area contributed by atoms with E-state index in [1.807, 2.05) is 0 Å². The zero-order valence-corrected chi connectivity index (χ0v) is 16.5. The first-order chi connectivity index (χ1) is 13.3. The van der Waals surface area contributed by atoms with Gasteiger partial charge in [0, 0.05) is 12.5 Å². The molecule has 0 bridgehead atoms. The standard InChI is InChI=1S/C22H30F4O2/c1-2-3-4-5-6-16-7-9-17(10-8-16)11-14-21(27)28-18-12-13-19(20(23)15-18)22(24,25)26/h12-13,15-17H,2-11,14H2,1H3/t16-,17-. The fourth-order valence-electron chi connectivity index (χ4n) is 3.96. The van der Waals surface area contributed by atoms with E-state index in [0.717, 1.165) is 24.8 Å². The lowest BCUT2D eigenvalue weighted by molar-refractivity contribution is -0.140. The summed E-state index contributed by atoms with van der Waals surface area (Å²) in [7, 11) is 0. The summed E-state index contributed by atoms with van der Waals surface area (Å²) in [4.78, 5) is 11.9.